The average molecular weight is 295 g/mol. The second-order valence-corrected chi connectivity index (χ2v) is 6.87. The molecule has 0 aliphatic heterocycles. The zero-order valence-corrected chi connectivity index (χ0v) is 11.6. The smallest absolute Gasteiger partial charge is 0.0948 e. The van der Waals surface area contributed by atoms with E-state index in [0.29, 0.717) is 11.8 Å². The van der Waals surface area contributed by atoms with Crippen LogP contribution in [0.5, 0.6) is 0 Å². The third-order valence-electron chi connectivity index (χ3n) is 4.58. The molecule has 2 fully saturated rings. The van der Waals surface area contributed by atoms with Crippen molar-refractivity contribution in [2.75, 3.05) is 0 Å². The molecule has 1 nitrogen and oxygen atoms in total. The Morgan fingerprint density at radius 2 is 1.65 bits per heavy atom. The highest BCUT2D eigenvalue weighted by Gasteiger charge is 2.66. The summed E-state index contributed by atoms with van der Waals surface area (Å²) in [5.74, 6) is 1.36. The number of hydrogen-bond acceptors (Lipinski definition) is 1. The van der Waals surface area contributed by atoms with Crippen LogP contribution < -0.4 is 0 Å². The maximum absolute atomic E-state index is 10.6. The fraction of sp³-hybridized carbons (Fsp3) is 0.600. The molecule has 2 heteroatoms. The highest BCUT2D eigenvalue weighted by atomic mass is 79.9. The monoisotopic (exact) mass is 294 g/mol. The van der Waals surface area contributed by atoms with Gasteiger partial charge in [0.15, 0.2) is 0 Å². The standard InChI is InChI=1S/C15H19BrO/c16-15(12-9-5-2-6-10-13(12)15)14(17)11-7-3-1-4-8-11/h1,3-4,7-8,12-14,17H,2,5-6,9-10H2. The summed E-state index contributed by atoms with van der Waals surface area (Å²) in [6.07, 6.45) is 6.24. The zero-order valence-electron chi connectivity index (χ0n) is 9.98. The number of rotatable bonds is 2. The molecule has 0 heterocycles. The summed E-state index contributed by atoms with van der Waals surface area (Å²) < 4.78 is -0.0330. The maximum Gasteiger partial charge on any atom is 0.0948 e. The van der Waals surface area contributed by atoms with Crippen molar-refractivity contribution in [3.05, 3.63) is 35.9 Å². The van der Waals surface area contributed by atoms with Crippen molar-refractivity contribution in [1.82, 2.24) is 0 Å². The largest absolute Gasteiger partial charge is 0.387 e. The molecule has 3 atom stereocenters. The molecule has 0 saturated heterocycles. The lowest BCUT2D eigenvalue weighted by Crippen LogP contribution is -2.18. The lowest BCUT2D eigenvalue weighted by atomic mass is 10.00. The van der Waals surface area contributed by atoms with Gasteiger partial charge in [-0.2, -0.15) is 0 Å². The van der Waals surface area contributed by atoms with E-state index >= 15 is 0 Å². The molecular formula is C15H19BrO. The highest BCUT2D eigenvalue weighted by Crippen LogP contribution is 2.67. The van der Waals surface area contributed by atoms with Gasteiger partial charge in [-0.05, 0) is 30.2 Å². The summed E-state index contributed by atoms with van der Waals surface area (Å²) in [5.41, 5.74) is 1.05. The van der Waals surface area contributed by atoms with E-state index in [1.165, 1.54) is 32.1 Å². The van der Waals surface area contributed by atoms with Crippen LogP contribution in [0, 0.1) is 11.8 Å². The van der Waals surface area contributed by atoms with Crippen LogP contribution in [-0.2, 0) is 0 Å². The lowest BCUT2D eigenvalue weighted by molar-refractivity contribution is 0.157. The number of aliphatic hydroxyl groups is 1. The Morgan fingerprint density at radius 1 is 1.06 bits per heavy atom. The van der Waals surface area contributed by atoms with Gasteiger partial charge in [-0.1, -0.05) is 65.5 Å². The second kappa shape index (κ2) is 4.40. The van der Waals surface area contributed by atoms with E-state index in [9.17, 15) is 5.11 Å². The van der Waals surface area contributed by atoms with E-state index in [2.05, 4.69) is 15.9 Å². The van der Waals surface area contributed by atoms with Crippen molar-refractivity contribution in [3.63, 3.8) is 0 Å². The van der Waals surface area contributed by atoms with Gasteiger partial charge >= 0.3 is 0 Å². The Hall–Kier alpha value is -0.340. The Morgan fingerprint density at radius 3 is 2.24 bits per heavy atom. The van der Waals surface area contributed by atoms with Crippen LogP contribution in [0.4, 0.5) is 0 Å². The van der Waals surface area contributed by atoms with Crippen LogP contribution in [0.15, 0.2) is 30.3 Å². The van der Waals surface area contributed by atoms with Gasteiger partial charge in [-0.3, -0.25) is 0 Å². The van der Waals surface area contributed by atoms with E-state index in [1.54, 1.807) is 0 Å². The van der Waals surface area contributed by atoms with Gasteiger partial charge in [-0.15, -0.1) is 0 Å². The zero-order chi connectivity index (χ0) is 11.9. The molecule has 2 aliphatic rings. The lowest BCUT2D eigenvalue weighted by Gasteiger charge is -2.20. The van der Waals surface area contributed by atoms with Crippen molar-refractivity contribution in [2.45, 2.75) is 42.5 Å². The van der Waals surface area contributed by atoms with Crippen molar-refractivity contribution in [1.29, 1.82) is 0 Å². The van der Waals surface area contributed by atoms with Crippen molar-refractivity contribution < 1.29 is 5.11 Å². The number of fused-ring (bicyclic) bond motifs is 1. The molecule has 0 bridgehead atoms. The van der Waals surface area contributed by atoms with Crippen molar-refractivity contribution >= 4 is 15.9 Å². The summed E-state index contributed by atoms with van der Waals surface area (Å²) >= 11 is 3.87. The van der Waals surface area contributed by atoms with Crippen LogP contribution in [-0.4, -0.2) is 9.43 Å². The molecule has 0 radical (unpaired) electrons. The topological polar surface area (TPSA) is 20.2 Å². The van der Waals surface area contributed by atoms with Gasteiger partial charge in [0.05, 0.1) is 10.4 Å². The van der Waals surface area contributed by atoms with Crippen LogP contribution in [0.25, 0.3) is 0 Å². The molecule has 1 aromatic carbocycles. The van der Waals surface area contributed by atoms with Crippen LogP contribution >= 0.6 is 15.9 Å². The van der Waals surface area contributed by atoms with E-state index in [0.717, 1.165) is 5.56 Å². The Balaban J connectivity index is 1.81. The van der Waals surface area contributed by atoms with Crippen LogP contribution in [0.3, 0.4) is 0 Å². The van der Waals surface area contributed by atoms with Gasteiger partial charge in [0.1, 0.15) is 0 Å². The second-order valence-electron chi connectivity index (χ2n) is 5.49. The normalized spacial score (nSPS) is 38.0. The van der Waals surface area contributed by atoms with Gasteiger partial charge in [-0.25, -0.2) is 0 Å². The third kappa shape index (κ3) is 1.86. The summed E-state index contributed by atoms with van der Waals surface area (Å²) in [4.78, 5) is 0. The molecule has 3 unspecified atom stereocenters. The predicted molar refractivity (Wildman–Crippen MR) is 73.1 cm³/mol. The molecule has 0 spiro atoms. The van der Waals surface area contributed by atoms with Crippen molar-refractivity contribution in [3.8, 4) is 0 Å². The molecule has 17 heavy (non-hydrogen) atoms. The fourth-order valence-electron chi connectivity index (χ4n) is 3.57. The minimum Gasteiger partial charge on any atom is -0.387 e. The number of hydrogen-bond donors (Lipinski definition) is 1. The molecular weight excluding hydrogens is 276 g/mol. The quantitative estimate of drug-likeness (QED) is 0.816. The van der Waals surface area contributed by atoms with E-state index in [4.69, 9.17) is 0 Å². The summed E-state index contributed by atoms with van der Waals surface area (Å²) in [6.45, 7) is 0. The summed E-state index contributed by atoms with van der Waals surface area (Å²) in [6, 6.07) is 10.1. The van der Waals surface area contributed by atoms with Gasteiger partial charge < -0.3 is 5.11 Å². The maximum atomic E-state index is 10.6. The van der Waals surface area contributed by atoms with Crippen molar-refractivity contribution in [2.24, 2.45) is 11.8 Å². The third-order valence-corrected chi connectivity index (χ3v) is 6.19. The molecule has 0 amide bonds. The number of alkyl halides is 1. The average Bonchev–Trinajstić information content (AvgIpc) is 3.03. The van der Waals surface area contributed by atoms with E-state index in [-0.39, 0.29) is 10.4 Å². The molecule has 92 valence electrons. The molecule has 1 N–H and O–H groups in total. The number of aliphatic hydroxyl groups excluding tert-OH is 1. The molecule has 2 aliphatic carbocycles. The minimum atomic E-state index is -0.350. The molecule has 1 aromatic rings. The Bertz CT molecular complexity index is 377. The molecule has 0 aromatic heterocycles. The van der Waals surface area contributed by atoms with Gasteiger partial charge in [0.2, 0.25) is 0 Å². The first-order valence-electron chi connectivity index (χ1n) is 6.66. The van der Waals surface area contributed by atoms with Gasteiger partial charge in [0, 0.05) is 0 Å². The predicted octanol–water partition coefficient (Wildman–Crippen LogP) is 4.06. The number of halogens is 1. The molecule has 3 rings (SSSR count). The number of benzene rings is 1. The first-order chi connectivity index (χ1) is 8.24. The van der Waals surface area contributed by atoms with Crippen LogP contribution in [0.1, 0.15) is 43.8 Å². The van der Waals surface area contributed by atoms with E-state index in [1.807, 2.05) is 30.3 Å². The Kier molecular flexibility index (Phi) is 3.04. The highest BCUT2D eigenvalue weighted by molar-refractivity contribution is 9.10. The fourth-order valence-corrected chi connectivity index (χ4v) is 4.80. The van der Waals surface area contributed by atoms with E-state index < -0.39 is 0 Å². The minimum absolute atomic E-state index is 0.0330. The first-order valence-corrected chi connectivity index (χ1v) is 7.46. The Labute approximate surface area is 111 Å². The summed E-state index contributed by atoms with van der Waals surface area (Å²) in [7, 11) is 0. The first kappa shape index (κ1) is 11.7. The SMILES string of the molecule is OC(c1ccccc1)C1(Br)C2CCCCCC21. The van der Waals surface area contributed by atoms with Gasteiger partial charge in [0.25, 0.3) is 0 Å². The van der Waals surface area contributed by atoms with Crippen LogP contribution in [0.2, 0.25) is 0 Å². The summed E-state index contributed by atoms with van der Waals surface area (Å²) in [5, 5.41) is 10.6. The molecule has 2 saturated carbocycles.